The molecule has 228 valence electrons. The smallest absolute Gasteiger partial charge is 0.337 e. The number of para-hydroxylation sites is 1. The van der Waals surface area contributed by atoms with E-state index in [2.05, 4.69) is 5.32 Å². The second-order valence-corrected chi connectivity index (χ2v) is 12.8. The summed E-state index contributed by atoms with van der Waals surface area (Å²) in [6, 6.07) is 15.6. The third-order valence-corrected chi connectivity index (χ3v) is 6.84. The minimum Gasteiger partial charge on any atom is -0.494 e. The van der Waals surface area contributed by atoms with Crippen LogP contribution in [0.1, 0.15) is 79.4 Å². The summed E-state index contributed by atoms with van der Waals surface area (Å²) in [4.78, 5) is 27.9. The number of nitrogens with one attached hydrogen (secondary N) is 1. The zero-order valence-electron chi connectivity index (χ0n) is 26.9. The first-order valence-corrected chi connectivity index (χ1v) is 14.6. The molecule has 1 aromatic heterocycles. The van der Waals surface area contributed by atoms with E-state index in [0.29, 0.717) is 40.4 Å². The molecule has 0 spiro atoms. The molecule has 1 aliphatic heterocycles. The highest BCUT2D eigenvalue weighted by Crippen LogP contribution is 2.44. The molecule has 0 fully saturated rings. The van der Waals surface area contributed by atoms with Gasteiger partial charge in [0.2, 0.25) is 0 Å². The minimum absolute atomic E-state index is 0.332. The van der Waals surface area contributed by atoms with Gasteiger partial charge in [-0.1, -0.05) is 18.2 Å². The number of aromatic nitrogens is 2. The molecule has 0 bridgehead atoms. The predicted octanol–water partition coefficient (Wildman–Crippen LogP) is 7.16. The summed E-state index contributed by atoms with van der Waals surface area (Å²) >= 11 is 0. The molecule has 3 aromatic rings. The van der Waals surface area contributed by atoms with Crippen molar-refractivity contribution >= 4 is 11.9 Å². The quantitative estimate of drug-likeness (QED) is 0.294. The molecule has 0 aliphatic carbocycles. The summed E-state index contributed by atoms with van der Waals surface area (Å²) in [7, 11) is 0. The van der Waals surface area contributed by atoms with Crippen molar-refractivity contribution in [1.82, 2.24) is 15.1 Å². The SMILES string of the molecule is CCOc1ccc(-c2nn(-c3ccccc3)cc2C2C(C(=O)OC(C)(C)C)=C(C)NC(C)=C2C(=O)OC(C)(C)C)c(C)c1. The van der Waals surface area contributed by atoms with Crippen LogP contribution in [0, 0.1) is 6.92 Å². The van der Waals surface area contributed by atoms with Gasteiger partial charge in [-0.3, -0.25) is 0 Å². The van der Waals surface area contributed by atoms with Crippen molar-refractivity contribution in [2.24, 2.45) is 0 Å². The Morgan fingerprint density at radius 2 is 1.42 bits per heavy atom. The molecular weight excluding hydrogens is 542 g/mol. The zero-order valence-corrected chi connectivity index (χ0v) is 26.9. The van der Waals surface area contributed by atoms with Gasteiger partial charge in [-0.05, 0) is 105 Å². The van der Waals surface area contributed by atoms with Crippen LogP contribution >= 0.6 is 0 Å². The Labute approximate surface area is 254 Å². The number of rotatable bonds is 7. The molecule has 43 heavy (non-hydrogen) atoms. The number of aryl methyl sites for hydroxylation is 1. The first kappa shape index (κ1) is 31.6. The average Bonchev–Trinajstić information content (AvgIpc) is 3.31. The van der Waals surface area contributed by atoms with Crippen LogP contribution in [0.25, 0.3) is 16.9 Å². The molecule has 1 N–H and O–H groups in total. The molecular formula is C35H43N3O5. The van der Waals surface area contributed by atoms with Crippen molar-refractivity contribution in [2.45, 2.75) is 86.4 Å². The van der Waals surface area contributed by atoms with Crippen molar-refractivity contribution < 1.29 is 23.8 Å². The number of hydrogen-bond acceptors (Lipinski definition) is 7. The van der Waals surface area contributed by atoms with E-state index in [1.165, 1.54) is 0 Å². The number of carbonyl (C=O) groups excluding carboxylic acids is 2. The summed E-state index contributed by atoms with van der Waals surface area (Å²) in [6.07, 6.45) is 1.89. The van der Waals surface area contributed by atoms with Crippen LogP contribution in [0.15, 0.2) is 77.3 Å². The van der Waals surface area contributed by atoms with Crippen LogP contribution in [0.5, 0.6) is 5.75 Å². The number of allylic oxidation sites excluding steroid dienone is 2. The van der Waals surface area contributed by atoms with Crippen molar-refractivity contribution in [1.29, 1.82) is 0 Å². The van der Waals surface area contributed by atoms with E-state index in [1.54, 1.807) is 4.68 Å². The number of benzene rings is 2. The first-order valence-electron chi connectivity index (χ1n) is 14.6. The van der Waals surface area contributed by atoms with Crippen LogP contribution < -0.4 is 10.1 Å². The van der Waals surface area contributed by atoms with Gasteiger partial charge in [0, 0.05) is 28.7 Å². The van der Waals surface area contributed by atoms with Crippen LogP contribution in [0.2, 0.25) is 0 Å². The van der Waals surface area contributed by atoms with Crippen molar-refractivity contribution in [3.05, 3.63) is 88.4 Å². The summed E-state index contributed by atoms with van der Waals surface area (Å²) in [5.41, 5.74) is 4.32. The van der Waals surface area contributed by atoms with Crippen LogP contribution in [0.3, 0.4) is 0 Å². The van der Waals surface area contributed by atoms with Gasteiger partial charge < -0.3 is 19.5 Å². The Morgan fingerprint density at radius 1 is 0.860 bits per heavy atom. The fourth-order valence-corrected chi connectivity index (χ4v) is 5.19. The van der Waals surface area contributed by atoms with Gasteiger partial charge in [0.1, 0.15) is 17.0 Å². The minimum atomic E-state index is -0.815. The zero-order chi connectivity index (χ0) is 31.7. The Hall–Kier alpha value is -4.33. The summed E-state index contributed by atoms with van der Waals surface area (Å²) in [5.74, 6) is -1.09. The van der Waals surface area contributed by atoms with Crippen molar-refractivity contribution in [2.75, 3.05) is 6.61 Å². The second-order valence-electron chi connectivity index (χ2n) is 12.8. The Bertz CT molecular complexity index is 1530. The van der Waals surface area contributed by atoms with E-state index in [1.807, 2.05) is 124 Å². The number of nitrogens with zero attached hydrogens (tertiary/aromatic N) is 2. The molecule has 0 saturated carbocycles. The van der Waals surface area contributed by atoms with E-state index in [9.17, 15) is 9.59 Å². The van der Waals surface area contributed by atoms with Gasteiger partial charge in [-0.15, -0.1) is 0 Å². The highest BCUT2D eigenvalue weighted by molar-refractivity contribution is 6.00. The van der Waals surface area contributed by atoms with E-state index >= 15 is 0 Å². The van der Waals surface area contributed by atoms with E-state index < -0.39 is 29.1 Å². The average molecular weight is 586 g/mol. The summed E-state index contributed by atoms with van der Waals surface area (Å²) in [6.45, 7) is 19.1. The largest absolute Gasteiger partial charge is 0.494 e. The number of carbonyl (C=O) groups is 2. The van der Waals surface area contributed by atoms with Gasteiger partial charge in [-0.2, -0.15) is 5.10 Å². The molecule has 2 aromatic carbocycles. The highest BCUT2D eigenvalue weighted by atomic mass is 16.6. The Morgan fingerprint density at radius 3 is 1.91 bits per heavy atom. The van der Waals surface area contributed by atoms with E-state index in [4.69, 9.17) is 19.3 Å². The van der Waals surface area contributed by atoms with Crippen molar-refractivity contribution in [3.8, 4) is 22.7 Å². The van der Waals surface area contributed by atoms with Crippen LogP contribution in [-0.4, -0.2) is 39.5 Å². The predicted molar refractivity (Wildman–Crippen MR) is 168 cm³/mol. The molecule has 8 heteroatoms. The second kappa shape index (κ2) is 12.1. The molecule has 1 aliphatic rings. The fraction of sp³-hybridized carbons (Fsp3) is 0.400. The standard InChI is InChI=1S/C35H43N3O5/c1-11-41-25-17-18-26(21(2)19-25)31-27(20-38(37-31)24-15-13-12-14-16-24)30-28(32(39)42-34(5,6)7)22(3)36-23(4)29(30)33(40)43-35(8,9)10/h12-20,30,36H,11H2,1-10H3. The molecule has 0 saturated heterocycles. The maximum Gasteiger partial charge on any atom is 0.337 e. The molecule has 2 heterocycles. The Kier molecular flexibility index (Phi) is 8.90. The molecule has 0 radical (unpaired) electrons. The summed E-state index contributed by atoms with van der Waals surface area (Å²) < 4.78 is 19.4. The van der Waals surface area contributed by atoms with Crippen molar-refractivity contribution in [3.63, 3.8) is 0 Å². The van der Waals surface area contributed by atoms with Crippen LogP contribution in [0.4, 0.5) is 0 Å². The molecule has 0 atom stereocenters. The lowest BCUT2D eigenvalue weighted by Crippen LogP contribution is -2.36. The highest BCUT2D eigenvalue weighted by Gasteiger charge is 2.42. The maximum absolute atomic E-state index is 13.9. The van der Waals surface area contributed by atoms with E-state index in [0.717, 1.165) is 22.6 Å². The lowest BCUT2D eigenvalue weighted by molar-refractivity contribution is -0.150. The topological polar surface area (TPSA) is 91.7 Å². The lowest BCUT2D eigenvalue weighted by Gasteiger charge is -2.33. The van der Waals surface area contributed by atoms with Crippen LogP contribution in [-0.2, 0) is 19.1 Å². The lowest BCUT2D eigenvalue weighted by atomic mass is 9.79. The molecule has 0 unspecified atom stereocenters. The Balaban J connectivity index is 2.03. The molecule has 4 rings (SSSR count). The number of dihydropyridines is 1. The third kappa shape index (κ3) is 7.19. The van der Waals surface area contributed by atoms with Gasteiger partial charge in [0.15, 0.2) is 0 Å². The fourth-order valence-electron chi connectivity index (χ4n) is 5.19. The first-order chi connectivity index (χ1) is 20.1. The van der Waals surface area contributed by atoms with Gasteiger partial charge in [0.05, 0.1) is 35.1 Å². The number of hydrogen-bond donors (Lipinski definition) is 1. The third-order valence-electron chi connectivity index (χ3n) is 6.84. The molecule has 0 amide bonds. The molecule has 8 nitrogen and oxygen atoms in total. The monoisotopic (exact) mass is 585 g/mol. The van der Waals surface area contributed by atoms with Gasteiger partial charge in [0.25, 0.3) is 0 Å². The maximum atomic E-state index is 13.9. The van der Waals surface area contributed by atoms with Gasteiger partial charge in [-0.25, -0.2) is 14.3 Å². The van der Waals surface area contributed by atoms with E-state index in [-0.39, 0.29) is 0 Å². The normalized spacial score (nSPS) is 14.5. The number of ether oxygens (including phenoxy) is 3. The summed E-state index contributed by atoms with van der Waals surface area (Å²) in [5, 5.41) is 8.31. The van der Waals surface area contributed by atoms with Gasteiger partial charge >= 0.3 is 11.9 Å². The number of esters is 2.